The van der Waals surface area contributed by atoms with E-state index >= 15 is 0 Å². The first-order valence-electron chi connectivity index (χ1n) is 6.47. The van der Waals surface area contributed by atoms with Crippen LogP contribution < -0.4 is 0 Å². The van der Waals surface area contributed by atoms with Crippen LogP contribution in [0, 0.1) is 0 Å². The molecule has 0 radical (unpaired) electrons. The maximum Gasteiger partial charge on any atom is 0.317 e. The highest BCUT2D eigenvalue weighted by atomic mass is 35.5. The van der Waals surface area contributed by atoms with Gasteiger partial charge in [-0.15, -0.1) is 0 Å². The molecule has 2 aromatic rings. The fourth-order valence-corrected chi connectivity index (χ4v) is 2.35. The van der Waals surface area contributed by atoms with Gasteiger partial charge in [0.25, 0.3) is 0 Å². The van der Waals surface area contributed by atoms with E-state index in [1.165, 1.54) is 0 Å². The molecule has 0 spiro atoms. The zero-order chi connectivity index (χ0) is 14.7. The third kappa shape index (κ3) is 3.26. The molecule has 1 heterocycles. The first-order valence-corrected chi connectivity index (χ1v) is 6.84. The van der Waals surface area contributed by atoms with Gasteiger partial charge in [0.15, 0.2) is 0 Å². The Balaban J connectivity index is 2.37. The maximum absolute atomic E-state index is 10.9. The van der Waals surface area contributed by atoms with Crippen LogP contribution in [0.25, 0.3) is 10.9 Å². The molecule has 0 fully saturated rings. The summed E-state index contributed by atoms with van der Waals surface area (Å²) in [5.74, 6) is -0.829. The van der Waals surface area contributed by atoms with E-state index in [9.17, 15) is 4.79 Å². The molecule has 20 heavy (non-hydrogen) atoms. The summed E-state index contributed by atoms with van der Waals surface area (Å²) in [5.41, 5.74) is 1.82. The minimum atomic E-state index is -0.829. The summed E-state index contributed by atoms with van der Waals surface area (Å²) in [4.78, 5) is 17.2. The van der Waals surface area contributed by atoms with Crippen molar-refractivity contribution in [3.05, 3.63) is 41.0 Å². The molecule has 0 unspecified atom stereocenters. The van der Waals surface area contributed by atoms with Crippen LogP contribution in [0.5, 0.6) is 0 Å². The largest absolute Gasteiger partial charge is 0.480 e. The van der Waals surface area contributed by atoms with Gasteiger partial charge in [0.1, 0.15) is 0 Å². The van der Waals surface area contributed by atoms with Gasteiger partial charge in [0.2, 0.25) is 0 Å². The van der Waals surface area contributed by atoms with E-state index in [1.807, 2.05) is 43.0 Å². The molecule has 0 saturated heterocycles. The summed E-state index contributed by atoms with van der Waals surface area (Å²) in [6.45, 7) is 4.51. The van der Waals surface area contributed by atoms with Gasteiger partial charge in [-0.05, 0) is 37.6 Å². The zero-order valence-corrected chi connectivity index (χ0v) is 12.3. The average Bonchev–Trinajstić information content (AvgIpc) is 2.40. The molecule has 0 atom stereocenters. The Hall–Kier alpha value is -1.65. The number of benzene rings is 1. The van der Waals surface area contributed by atoms with Crippen molar-refractivity contribution in [1.82, 2.24) is 9.88 Å². The van der Waals surface area contributed by atoms with Gasteiger partial charge in [0, 0.05) is 29.2 Å². The van der Waals surface area contributed by atoms with Gasteiger partial charge in [-0.2, -0.15) is 0 Å². The second-order valence-electron chi connectivity index (χ2n) is 5.00. The molecule has 1 N–H and O–H groups in total. The Morgan fingerprint density at radius 3 is 2.80 bits per heavy atom. The van der Waals surface area contributed by atoms with Crippen molar-refractivity contribution >= 4 is 28.5 Å². The highest BCUT2D eigenvalue weighted by Gasteiger charge is 2.16. The molecule has 1 aromatic heterocycles. The number of fused-ring (bicyclic) bond motifs is 1. The predicted molar refractivity (Wildman–Crippen MR) is 79.9 cm³/mol. The van der Waals surface area contributed by atoms with Crippen molar-refractivity contribution in [2.24, 2.45) is 0 Å². The van der Waals surface area contributed by atoms with Gasteiger partial charge in [-0.3, -0.25) is 14.7 Å². The number of pyridine rings is 1. The van der Waals surface area contributed by atoms with Crippen LogP contribution >= 0.6 is 11.6 Å². The number of carbonyl (C=O) groups is 1. The van der Waals surface area contributed by atoms with Gasteiger partial charge < -0.3 is 5.11 Å². The van der Waals surface area contributed by atoms with Gasteiger partial charge in [-0.25, -0.2) is 0 Å². The topological polar surface area (TPSA) is 53.4 Å². The van der Waals surface area contributed by atoms with Gasteiger partial charge in [-0.1, -0.05) is 17.7 Å². The highest BCUT2D eigenvalue weighted by molar-refractivity contribution is 6.35. The summed E-state index contributed by atoms with van der Waals surface area (Å²) < 4.78 is 0. The lowest BCUT2D eigenvalue weighted by molar-refractivity contribution is -0.138. The van der Waals surface area contributed by atoms with Crippen LogP contribution in [0.3, 0.4) is 0 Å². The maximum atomic E-state index is 10.9. The molecule has 0 aliphatic heterocycles. The van der Waals surface area contributed by atoms with E-state index in [-0.39, 0.29) is 12.6 Å². The number of nitrogens with zero attached hydrogens (tertiary/aromatic N) is 2. The summed E-state index contributed by atoms with van der Waals surface area (Å²) in [6, 6.07) is 7.65. The number of carboxylic acids is 1. The number of halogens is 1. The van der Waals surface area contributed by atoms with E-state index in [0.717, 1.165) is 16.5 Å². The monoisotopic (exact) mass is 292 g/mol. The normalized spacial score (nSPS) is 11.4. The van der Waals surface area contributed by atoms with Crippen molar-refractivity contribution < 1.29 is 9.90 Å². The summed E-state index contributed by atoms with van der Waals surface area (Å²) in [5, 5.41) is 10.5. The molecular weight excluding hydrogens is 276 g/mol. The Kier molecular flexibility index (Phi) is 4.57. The van der Waals surface area contributed by atoms with Crippen molar-refractivity contribution in [2.75, 3.05) is 6.54 Å². The molecule has 5 heteroatoms. The molecule has 0 aliphatic carbocycles. The molecule has 106 valence electrons. The predicted octanol–water partition coefficient (Wildman–Crippen LogP) is 3.18. The van der Waals surface area contributed by atoms with E-state index < -0.39 is 5.97 Å². The van der Waals surface area contributed by atoms with Crippen LogP contribution in [0.15, 0.2) is 30.5 Å². The van der Waals surface area contributed by atoms with Crippen LogP contribution in [0.1, 0.15) is 19.4 Å². The Morgan fingerprint density at radius 1 is 1.40 bits per heavy atom. The number of carboxylic acid groups (broad SMARTS) is 1. The van der Waals surface area contributed by atoms with E-state index in [4.69, 9.17) is 16.7 Å². The van der Waals surface area contributed by atoms with Crippen molar-refractivity contribution in [3.63, 3.8) is 0 Å². The number of hydrogen-bond donors (Lipinski definition) is 1. The smallest absolute Gasteiger partial charge is 0.317 e. The van der Waals surface area contributed by atoms with E-state index in [1.54, 1.807) is 6.20 Å². The molecule has 0 aliphatic rings. The molecule has 0 amide bonds. The average molecular weight is 293 g/mol. The number of aromatic nitrogens is 1. The van der Waals surface area contributed by atoms with Gasteiger partial charge >= 0.3 is 5.97 Å². The first kappa shape index (κ1) is 14.8. The van der Waals surface area contributed by atoms with Crippen molar-refractivity contribution in [3.8, 4) is 0 Å². The summed E-state index contributed by atoms with van der Waals surface area (Å²) in [6.07, 6.45) is 1.72. The van der Waals surface area contributed by atoms with E-state index in [0.29, 0.717) is 11.6 Å². The van der Waals surface area contributed by atoms with Crippen molar-refractivity contribution in [1.29, 1.82) is 0 Å². The molecule has 4 nitrogen and oxygen atoms in total. The summed E-state index contributed by atoms with van der Waals surface area (Å²) >= 11 is 6.16. The van der Waals surface area contributed by atoms with E-state index in [2.05, 4.69) is 4.98 Å². The van der Waals surface area contributed by atoms with Crippen LogP contribution in [0.4, 0.5) is 0 Å². The van der Waals surface area contributed by atoms with Crippen LogP contribution in [-0.4, -0.2) is 33.5 Å². The van der Waals surface area contributed by atoms with Crippen LogP contribution in [-0.2, 0) is 11.3 Å². The highest BCUT2D eigenvalue weighted by Crippen LogP contribution is 2.25. The Labute approximate surface area is 123 Å². The fourth-order valence-electron chi connectivity index (χ4n) is 2.14. The summed E-state index contributed by atoms with van der Waals surface area (Å²) in [7, 11) is 0. The quantitative estimate of drug-likeness (QED) is 0.919. The molecule has 0 bridgehead atoms. The lowest BCUT2D eigenvalue weighted by Gasteiger charge is -2.25. The molecular formula is C15H17ClN2O2. The SMILES string of the molecule is CC(C)N(CC(=O)O)Cc1ccc(Cl)c2cccnc12. The standard InChI is InChI=1S/C15H17ClN2O2/c1-10(2)18(9-14(19)20)8-11-5-6-13(16)12-4-3-7-17-15(11)12/h3-7,10H,8-9H2,1-2H3,(H,19,20). The zero-order valence-electron chi connectivity index (χ0n) is 11.5. The molecule has 0 saturated carbocycles. The minimum Gasteiger partial charge on any atom is -0.480 e. The van der Waals surface area contributed by atoms with Gasteiger partial charge in [0.05, 0.1) is 12.1 Å². The number of rotatable bonds is 5. The Morgan fingerprint density at radius 2 is 2.15 bits per heavy atom. The second-order valence-corrected chi connectivity index (χ2v) is 5.41. The number of aliphatic carboxylic acids is 1. The minimum absolute atomic E-state index is 0.00855. The Bertz CT molecular complexity index is 628. The number of hydrogen-bond acceptors (Lipinski definition) is 3. The third-order valence-electron chi connectivity index (χ3n) is 3.24. The third-order valence-corrected chi connectivity index (χ3v) is 3.57. The van der Waals surface area contributed by atoms with Crippen molar-refractivity contribution in [2.45, 2.75) is 26.4 Å². The molecule has 1 aromatic carbocycles. The fraction of sp³-hybridized carbons (Fsp3) is 0.333. The lowest BCUT2D eigenvalue weighted by Crippen LogP contribution is -2.35. The lowest BCUT2D eigenvalue weighted by atomic mass is 10.1. The first-order chi connectivity index (χ1) is 9.49. The second kappa shape index (κ2) is 6.20. The molecule has 2 rings (SSSR count). The van der Waals surface area contributed by atoms with Crippen LogP contribution in [0.2, 0.25) is 5.02 Å².